The Morgan fingerprint density at radius 1 is 1.03 bits per heavy atom. The third-order valence-corrected chi connectivity index (χ3v) is 7.95. The molecule has 0 aliphatic carbocycles. The number of halogens is 2. The van der Waals surface area contributed by atoms with Crippen molar-refractivity contribution in [3.8, 4) is 11.5 Å². The molecule has 1 fully saturated rings. The van der Waals surface area contributed by atoms with E-state index in [1.807, 2.05) is 49.4 Å². The zero-order valence-corrected chi connectivity index (χ0v) is 24.4. The van der Waals surface area contributed by atoms with Crippen molar-refractivity contribution in [1.82, 2.24) is 4.90 Å². The van der Waals surface area contributed by atoms with Crippen LogP contribution in [-0.4, -0.2) is 28.6 Å². The van der Waals surface area contributed by atoms with Gasteiger partial charge in [0.15, 0.2) is 11.5 Å². The van der Waals surface area contributed by atoms with Gasteiger partial charge in [-0.25, -0.2) is 4.79 Å². The number of esters is 1. The molecule has 1 saturated heterocycles. The van der Waals surface area contributed by atoms with Crippen LogP contribution in [0, 0.1) is 3.57 Å². The van der Waals surface area contributed by atoms with Gasteiger partial charge < -0.3 is 9.47 Å². The molecular weight excluding hydrogens is 649 g/mol. The molecule has 196 valence electrons. The van der Waals surface area contributed by atoms with Crippen molar-refractivity contribution in [1.29, 1.82) is 0 Å². The number of nitrogens with zero attached hydrogens (tertiary/aromatic N) is 1. The highest BCUT2D eigenvalue weighted by Crippen LogP contribution is 2.38. The van der Waals surface area contributed by atoms with Gasteiger partial charge in [-0.2, -0.15) is 0 Å². The summed E-state index contributed by atoms with van der Waals surface area (Å²) in [6, 6.07) is 23.6. The number of hydrogen-bond donors (Lipinski definition) is 0. The van der Waals surface area contributed by atoms with E-state index < -0.39 is 5.97 Å². The summed E-state index contributed by atoms with van der Waals surface area (Å²) in [6.45, 7) is 2.35. The molecule has 0 N–H and O–H groups in total. The topological polar surface area (TPSA) is 72.9 Å². The number of amides is 2. The molecule has 0 bridgehead atoms. The number of fused-ring (bicyclic) bond motifs is 1. The maximum Gasteiger partial charge on any atom is 0.343 e. The van der Waals surface area contributed by atoms with Crippen molar-refractivity contribution in [2.24, 2.45) is 0 Å². The summed E-state index contributed by atoms with van der Waals surface area (Å²) in [7, 11) is 0. The number of hydrogen-bond acceptors (Lipinski definition) is 6. The minimum atomic E-state index is -0.548. The second-order valence-corrected chi connectivity index (χ2v) is 11.2. The normalized spacial score (nSPS) is 14.3. The number of carbonyl (C=O) groups is 3. The molecule has 4 aromatic carbocycles. The fourth-order valence-electron chi connectivity index (χ4n) is 4.16. The van der Waals surface area contributed by atoms with Gasteiger partial charge >= 0.3 is 5.97 Å². The van der Waals surface area contributed by atoms with Crippen LogP contribution in [0.3, 0.4) is 0 Å². The van der Waals surface area contributed by atoms with E-state index in [2.05, 4.69) is 22.6 Å². The third-order valence-electron chi connectivity index (χ3n) is 5.99. The number of carbonyl (C=O) groups excluding carboxylic acids is 3. The molecule has 2 amide bonds. The first-order valence-corrected chi connectivity index (χ1v) is 14.3. The highest BCUT2D eigenvalue weighted by Gasteiger charge is 2.35. The van der Waals surface area contributed by atoms with Crippen molar-refractivity contribution in [2.45, 2.75) is 13.5 Å². The summed E-state index contributed by atoms with van der Waals surface area (Å²) >= 11 is 8.87. The van der Waals surface area contributed by atoms with Crippen LogP contribution in [0.1, 0.15) is 28.4 Å². The number of benzene rings is 4. The molecule has 1 heterocycles. The van der Waals surface area contributed by atoms with E-state index in [0.717, 1.165) is 28.1 Å². The molecule has 0 aromatic heterocycles. The Balaban J connectivity index is 1.40. The zero-order chi connectivity index (χ0) is 27.5. The van der Waals surface area contributed by atoms with Gasteiger partial charge in [-0.05, 0) is 106 Å². The Kier molecular flexibility index (Phi) is 8.25. The van der Waals surface area contributed by atoms with E-state index in [1.165, 1.54) is 4.90 Å². The van der Waals surface area contributed by atoms with Crippen LogP contribution in [0.5, 0.6) is 11.5 Å². The second kappa shape index (κ2) is 11.8. The molecule has 0 unspecified atom stereocenters. The predicted octanol–water partition coefficient (Wildman–Crippen LogP) is 7.95. The first-order chi connectivity index (χ1) is 18.8. The maximum atomic E-state index is 13.3. The monoisotopic (exact) mass is 669 g/mol. The van der Waals surface area contributed by atoms with E-state index in [-0.39, 0.29) is 23.4 Å². The minimum absolute atomic E-state index is 0.185. The molecule has 0 radical (unpaired) electrons. The number of rotatable bonds is 7. The fraction of sp³-hybridized carbons (Fsp3) is 0.100. The van der Waals surface area contributed by atoms with Gasteiger partial charge in [0.25, 0.3) is 11.1 Å². The van der Waals surface area contributed by atoms with Crippen LogP contribution >= 0.6 is 46.0 Å². The van der Waals surface area contributed by atoms with Crippen molar-refractivity contribution < 1.29 is 23.9 Å². The first-order valence-electron chi connectivity index (χ1n) is 12.0. The molecule has 0 saturated carbocycles. The van der Waals surface area contributed by atoms with Gasteiger partial charge in [0.05, 0.1) is 27.2 Å². The lowest BCUT2D eigenvalue weighted by Gasteiger charge is -2.15. The summed E-state index contributed by atoms with van der Waals surface area (Å²) < 4.78 is 12.0. The van der Waals surface area contributed by atoms with Gasteiger partial charge in [-0.3, -0.25) is 14.5 Å². The number of ether oxygens (including phenoxy) is 2. The van der Waals surface area contributed by atoms with Gasteiger partial charge in [0, 0.05) is 5.02 Å². The van der Waals surface area contributed by atoms with Gasteiger partial charge in [-0.1, -0.05) is 54.1 Å². The van der Waals surface area contributed by atoms with Gasteiger partial charge in [-0.15, -0.1) is 0 Å². The average Bonchev–Trinajstić information content (AvgIpc) is 3.18. The minimum Gasteiger partial charge on any atom is -0.490 e. The van der Waals surface area contributed by atoms with Crippen LogP contribution in [0.15, 0.2) is 83.8 Å². The Bertz CT molecular complexity index is 1630. The number of imide groups is 1. The Hall–Kier alpha value is -3.34. The lowest BCUT2D eigenvalue weighted by Crippen LogP contribution is -2.27. The Morgan fingerprint density at radius 2 is 1.77 bits per heavy atom. The van der Waals surface area contributed by atoms with Crippen LogP contribution in [0.25, 0.3) is 16.8 Å². The Morgan fingerprint density at radius 3 is 2.54 bits per heavy atom. The number of thioether (sulfide) groups is 1. The molecule has 9 heteroatoms. The summed E-state index contributed by atoms with van der Waals surface area (Å²) in [5, 5.41) is 2.24. The summed E-state index contributed by atoms with van der Waals surface area (Å²) in [5.41, 5.74) is 1.89. The van der Waals surface area contributed by atoms with Gasteiger partial charge in [0.1, 0.15) is 0 Å². The second-order valence-electron chi connectivity index (χ2n) is 8.57. The van der Waals surface area contributed by atoms with Crippen LogP contribution in [-0.2, 0) is 11.3 Å². The maximum absolute atomic E-state index is 13.3. The molecule has 0 spiro atoms. The van der Waals surface area contributed by atoms with E-state index >= 15 is 0 Å². The Labute approximate surface area is 248 Å². The SMILES string of the molecule is CCOc1cc(/C=C2\SC(=O)N(Cc3cccc4ccccc34)C2=O)cc(I)c1OC(=O)c1ccc(Cl)cc1. The van der Waals surface area contributed by atoms with E-state index in [0.29, 0.717) is 37.0 Å². The largest absolute Gasteiger partial charge is 0.490 e. The smallest absolute Gasteiger partial charge is 0.343 e. The molecule has 6 nitrogen and oxygen atoms in total. The van der Waals surface area contributed by atoms with E-state index in [9.17, 15) is 14.4 Å². The molecule has 1 aliphatic heterocycles. The lowest BCUT2D eigenvalue weighted by atomic mass is 10.0. The van der Waals surface area contributed by atoms with Crippen LogP contribution in [0.4, 0.5) is 4.79 Å². The lowest BCUT2D eigenvalue weighted by molar-refractivity contribution is -0.123. The van der Waals surface area contributed by atoms with Crippen molar-refractivity contribution in [3.05, 3.63) is 109 Å². The average molecular weight is 670 g/mol. The quantitative estimate of drug-likeness (QED) is 0.0861. The van der Waals surface area contributed by atoms with Crippen molar-refractivity contribution in [2.75, 3.05) is 6.61 Å². The summed E-state index contributed by atoms with van der Waals surface area (Å²) in [5.74, 6) is -0.274. The van der Waals surface area contributed by atoms with E-state index in [1.54, 1.807) is 42.5 Å². The molecule has 39 heavy (non-hydrogen) atoms. The summed E-state index contributed by atoms with van der Waals surface area (Å²) in [6.07, 6.45) is 1.66. The highest BCUT2D eigenvalue weighted by molar-refractivity contribution is 14.1. The van der Waals surface area contributed by atoms with Crippen LogP contribution < -0.4 is 9.47 Å². The predicted molar refractivity (Wildman–Crippen MR) is 162 cm³/mol. The standard InChI is InChI=1S/C30H21ClINO5S/c1-2-37-25-15-18(14-24(32)27(25)38-29(35)20-10-12-22(31)13-11-20)16-26-28(34)33(30(36)39-26)17-21-8-5-7-19-6-3-4-9-23(19)21/h3-16H,2,17H2,1H3/b26-16-. The first kappa shape index (κ1) is 27.2. The van der Waals surface area contributed by atoms with E-state index in [4.69, 9.17) is 21.1 Å². The zero-order valence-electron chi connectivity index (χ0n) is 20.6. The third kappa shape index (κ3) is 5.98. The van der Waals surface area contributed by atoms with Crippen LogP contribution in [0.2, 0.25) is 5.02 Å². The van der Waals surface area contributed by atoms with Crippen molar-refractivity contribution in [3.63, 3.8) is 0 Å². The molecule has 1 aliphatic rings. The molecular formula is C30H21ClINO5S. The fourth-order valence-corrected chi connectivity index (χ4v) is 5.86. The van der Waals surface area contributed by atoms with Crippen molar-refractivity contribution >= 4 is 79.9 Å². The molecule has 4 aromatic rings. The van der Waals surface area contributed by atoms with Gasteiger partial charge in [0.2, 0.25) is 0 Å². The summed E-state index contributed by atoms with van der Waals surface area (Å²) in [4.78, 5) is 40.4. The highest BCUT2D eigenvalue weighted by atomic mass is 127. The molecule has 5 rings (SSSR count). The molecule has 0 atom stereocenters.